The van der Waals surface area contributed by atoms with Gasteiger partial charge in [-0.3, -0.25) is 4.79 Å². The zero-order valence-corrected chi connectivity index (χ0v) is 11.3. The number of urea groups is 1. The molecule has 0 saturated heterocycles. The van der Waals surface area contributed by atoms with E-state index in [-0.39, 0.29) is 12.5 Å². The van der Waals surface area contributed by atoms with Gasteiger partial charge in [-0.05, 0) is 17.7 Å². The van der Waals surface area contributed by atoms with E-state index in [0.29, 0.717) is 17.8 Å². The first-order chi connectivity index (χ1) is 9.63. The predicted molar refractivity (Wildman–Crippen MR) is 75.8 cm³/mol. The molecule has 0 unspecified atom stereocenters. The Morgan fingerprint density at radius 1 is 1.35 bits per heavy atom. The van der Waals surface area contributed by atoms with E-state index in [1.54, 1.807) is 30.5 Å². The second-order valence-corrected chi connectivity index (χ2v) is 4.98. The molecule has 0 aliphatic rings. The van der Waals surface area contributed by atoms with Gasteiger partial charge in [-0.15, -0.1) is 11.3 Å². The van der Waals surface area contributed by atoms with Gasteiger partial charge in [-0.1, -0.05) is 12.1 Å². The Morgan fingerprint density at radius 3 is 2.90 bits per heavy atom. The van der Waals surface area contributed by atoms with Crippen molar-refractivity contribution >= 4 is 29.0 Å². The van der Waals surface area contributed by atoms with Crippen molar-refractivity contribution in [2.24, 2.45) is 0 Å². The van der Waals surface area contributed by atoms with E-state index in [1.165, 1.54) is 11.3 Å². The normalized spacial score (nSPS) is 10.0. The van der Waals surface area contributed by atoms with Crippen LogP contribution in [0.15, 0.2) is 35.8 Å². The van der Waals surface area contributed by atoms with Crippen LogP contribution in [0, 0.1) is 0 Å². The summed E-state index contributed by atoms with van der Waals surface area (Å²) in [5, 5.41) is 16.7. The number of rotatable bonds is 5. The molecule has 1 aromatic carbocycles. The standard InChI is InChI=1S/C13H13N3O3S/c17-12(18)7-9-2-1-3-10(6-9)16-13(19)15-8-11-14-4-5-20-11/h1-6H,7-8H2,(H,17,18)(H2,15,16,19). The van der Waals surface area contributed by atoms with E-state index < -0.39 is 5.97 Å². The summed E-state index contributed by atoms with van der Waals surface area (Å²) in [5.41, 5.74) is 1.19. The van der Waals surface area contributed by atoms with Crippen LogP contribution in [0.2, 0.25) is 0 Å². The Morgan fingerprint density at radius 2 is 2.20 bits per heavy atom. The molecule has 104 valence electrons. The molecular weight excluding hydrogens is 278 g/mol. The Hall–Kier alpha value is -2.41. The fourth-order valence-electron chi connectivity index (χ4n) is 1.61. The van der Waals surface area contributed by atoms with E-state index in [4.69, 9.17) is 5.11 Å². The fraction of sp³-hybridized carbons (Fsp3) is 0.154. The van der Waals surface area contributed by atoms with Crippen LogP contribution >= 0.6 is 11.3 Å². The molecule has 0 aliphatic carbocycles. The number of benzene rings is 1. The van der Waals surface area contributed by atoms with Crippen molar-refractivity contribution in [1.82, 2.24) is 10.3 Å². The smallest absolute Gasteiger partial charge is 0.319 e. The second kappa shape index (κ2) is 6.67. The molecule has 7 heteroatoms. The first-order valence-electron chi connectivity index (χ1n) is 5.87. The number of carboxylic acid groups (broad SMARTS) is 1. The fourth-order valence-corrected chi connectivity index (χ4v) is 2.16. The highest BCUT2D eigenvalue weighted by Gasteiger charge is 2.05. The molecule has 0 spiro atoms. The molecular formula is C13H13N3O3S. The number of nitrogens with zero attached hydrogens (tertiary/aromatic N) is 1. The zero-order chi connectivity index (χ0) is 14.4. The topological polar surface area (TPSA) is 91.3 Å². The van der Waals surface area contributed by atoms with E-state index in [9.17, 15) is 9.59 Å². The Bertz CT molecular complexity index is 599. The van der Waals surface area contributed by atoms with Crippen molar-refractivity contribution in [3.05, 3.63) is 46.4 Å². The summed E-state index contributed by atoms with van der Waals surface area (Å²) in [6.07, 6.45) is 1.60. The van der Waals surface area contributed by atoms with Crippen molar-refractivity contribution in [2.45, 2.75) is 13.0 Å². The summed E-state index contributed by atoms with van der Waals surface area (Å²) >= 11 is 1.46. The first-order valence-corrected chi connectivity index (χ1v) is 6.75. The van der Waals surface area contributed by atoms with Crippen LogP contribution in [0.4, 0.5) is 10.5 Å². The number of aromatic nitrogens is 1. The van der Waals surface area contributed by atoms with Crippen molar-refractivity contribution in [3.8, 4) is 0 Å². The van der Waals surface area contributed by atoms with Gasteiger partial charge in [0.1, 0.15) is 5.01 Å². The van der Waals surface area contributed by atoms with E-state index in [1.807, 2.05) is 5.38 Å². The number of amides is 2. The monoisotopic (exact) mass is 291 g/mol. The molecule has 2 aromatic rings. The number of anilines is 1. The van der Waals surface area contributed by atoms with Crippen LogP contribution in [0.3, 0.4) is 0 Å². The Kier molecular flexibility index (Phi) is 4.67. The minimum atomic E-state index is -0.907. The van der Waals surface area contributed by atoms with Crippen LogP contribution in [-0.2, 0) is 17.8 Å². The maximum Gasteiger partial charge on any atom is 0.319 e. The average molecular weight is 291 g/mol. The summed E-state index contributed by atoms with van der Waals surface area (Å²) < 4.78 is 0. The van der Waals surface area contributed by atoms with Crippen molar-refractivity contribution in [1.29, 1.82) is 0 Å². The van der Waals surface area contributed by atoms with Gasteiger partial charge in [-0.25, -0.2) is 9.78 Å². The number of hydrogen-bond donors (Lipinski definition) is 3. The Balaban J connectivity index is 1.88. The quantitative estimate of drug-likeness (QED) is 0.786. The van der Waals surface area contributed by atoms with E-state index in [0.717, 1.165) is 5.01 Å². The molecule has 0 radical (unpaired) electrons. The number of carbonyl (C=O) groups excluding carboxylic acids is 1. The minimum absolute atomic E-state index is 0.0732. The third kappa shape index (κ3) is 4.36. The number of carbonyl (C=O) groups is 2. The van der Waals surface area contributed by atoms with Crippen molar-refractivity contribution < 1.29 is 14.7 Å². The molecule has 0 saturated carbocycles. The highest BCUT2D eigenvalue weighted by Crippen LogP contribution is 2.11. The van der Waals surface area contributed by atoms with Crippen molar-refractivity contribution in [2.75, 3.05) is 5.32 Å². The molecule has 20 heavy (non-hydrogen) atoms. The Labute approximate surface area is 119 Å². The summed E-state index contributed by atoms with van der Waals surface area (Å²) in [7, 11) is 0. The molecule has 2 rings (SSSR count). The highest BCUT2D eigenvalue weighted by molar-refractivity contribution is 7.09. The lowest BCUT2D eigenvalue weighted by molar-refractivity contribution is -0.136. The summed E-state index contributed by atoms with van der Waals surface area (Å²) in [5.74, 6) is -0.907. The summed E-state index contributed by atoms with van der Waals surface area (Å²) in [6.45, 7) is 0.359. The number of aliphatic carboxylic acids is 1. The third-order valence-electron chi connectivity index (χ3n) is 2.42. The molecule has 3 N–H and O–H groups in total. The molecule has 0 bridgehead atoms. The number of nitrogens with one attached hydrogen (secondary N) is 2. The molecule has 2 amide bonds. The molecule has 1 aromatic heterocycles. The molecule has 0 fully saturated rings. The first kappa shape index (κ1) is 14.0. The lowest BCUT2D eigenvalue weighted by Gasteiger charge is -2.07. The van der Waals surface area contributed by atoms with Crippen LogP contribution in [0.5, 0.6) is 0 Å². The summed E-state index contributed by atoms with van der Waals surface area (Å²) in [6, 6.07) is 6.39. The van der Waals surface area contributed by atoms with Crippen LogP contribution in [-0.4, -0.2) is 22.1 Å². The summed E-state index contributed by atoms with van der Waals surface area (Å²) in [4.78, 5) is 26.4. The maximum atomic E-state index is 11.7. The van der Waals surface area contributed by atoms with Gasteiger partial charge in [0.05, 0.1) is 13.0 Å². The van der Waals surface area contributed by atoms with E-state index in [2.05, 4.69) is 15.6 Å². The van der Waals surface area contributed by atoms with Gasteiger partial charge in [-0.2, -0.15) is 0 Å². The molecule has 0 aliphatic heterocycles. The predicted octanol–water partition coefficient (Wildman–Crippen LogP) is 2.09. The highest BCUT2D eigenvalue weighted by atomic mass is 32.1. The lowest BCUT2D eigenvalue weighted by atomic mass is 10.1. The molecule has 0 atom stereocenters. The van der Waals surface area contributed by atoms with Crippen LogP contribution in [0.25, 0.3) is 0 Å². The SMILES string of the molecule is O=C(O)Cc1cccc(NC(=O)NCc2nccs2)c1. The van der Waals surface area contributed by atoms with Gasteiger partial charge in [0.2, 0.25) is 0 Å². The van der Waals surface area contributed by atoms with Crippen molar-refractivity contribution in [3.63, 3.8) is 0 Å². The van der Waals surface area contributed by atoms with Gasteiger partial charge < -0.3 is 15.7 Å². The van der Waals surface area contributed by atoms with Crippen LogP contribution in [0.1, 0.15) is 10.6 Å². The minimum Gasteiger partial charge on any atom is -0.481 e. The zero-order valence-electron chi connectivity index (χ0n) is 10.5. The molecule has 1 heterocycles. The largest absolute Gasteiger partial charge is 0.481 e. The number of hydrogen-bond acceptors (Lipinski definition) is 4. The second-order valence-electron chi connectivity index (χ2n) is 4.00. The number of thiazole rings is 1. The van der Waals surface area contributed by atoms with Gasteiger partial charge in [0.25, 0.3) is 0 Å². The van der Waals surface area contributed by atoms with Gasteiger partial charge >= 0.3 is 12.0 Å². The number of carboxylic acids is 1. The average Bonchev–Trinajstić information content (AvgIpc) is 2.89. The van der Waals surface area contributed by atoms with Gasteiger partial charge in [0, 0.05) is 17.3 Å². The van der Waals surface area contributed by atoms with Gasteiger partial charge in [0.15, 0.2) is 0 Å². The maximum absolute atomic E-state index is 11.7. The lowest BCUT2D eigenvalue weighted by Crippen LogP contribution is -2.28. The molecule has 6 nitrogen and oxygen atoms in total. The van der Waals surface area contributed by atoms with Crippen LogP contribution < -0.4 is 10.6 Å². The third-order valence-corrected chi connectivity index (χ3v) is 3.20. The van der Waals surface area contributed by atoms with E-state index >= 15 is 0 Å².